The van der Waals surface area contributed by atoms with E-state index in [4.69, 9.17) is 5.73 Å². The first-order chi connectivity index (χ1) is 14.6. The van der Waals surface area contributed by atoms with Crippen molar-refractivity contribution >= 4 is 38.6 Å². The molecule has 150 valence electrons. The lowest BCUT2D eigenvalue weighted by Gasteiger charge is -2.04. The molecule has 0 aliphatic carbocycles. The quantitative estimate of drug-likeness (QED) is 0.376. The van der Waals surface area contributed by atoms with E-state index in [-0.39, 0.29) is 5.91 Å². The van der Waals surface area contributed by atoms with Crippen LogP contribution in [-0.4, -0.2) is 27.2 Å². The number of para-hydroxylation sites is 2. The summed E-state index contributed by atoms with van der Waals surface area (Å²) < 4.78 is 2.32. The van der Waals surface area contributed by atoms with E-state index in [2.05, 4.69) is 37.4 Å². The maximum absolute atomic E-state index is 12.5. The molecule has 0 bridgehead atoms. The average molecular weight is 463 g/mol. The van der Waals surface area contributed by atoms with Gasteiger partial charge in [-0.2, -0.15) is 10.4 Å². The summed E-state index contributed by atoms with van der Waals surface area (Å²) in [5.41, 5.74) is 9.32. The summed E-state index contributed by atoms with van der Waals surface area (Å²) in [5, 5.41) is 17.9. The second-order valence-corrected chi connectivity index (χ2v) is 7.58. The van der Waals surface area contributed by atoms with Gasteiger partial charge in [0.15, 0.2) is 0 Å². The smallest absolute Gasteiger partial charge is 0.268 e. The van der Waals surface area contributed by atoms with Crippen molar-refractivity contribution in [2.75, 3.05) is 12.3 Å². The number of aromatic amines is 1. The van der Waals surface area contributed by atoms with E-state index in [0.29, 0.717) is 42.2 Å². The predicted octanol–water partition coefficient (Wildman–Crippen LogP) is 3.93. The number of aromatic nitrogens is 3. The molecule has 0 saturated carbocycles. The van der Waals surface area contributed by atoms with Gasteiger partial charge in [-0.25, -0.2) is 4.68 Å². The number of hydrogen-bond acceptors (Lipinski definition) is 4. The van der Waals surface area contributed by atoms with Crippen molar-refractivity contribution in [2.45, 2.75) is 12.8 Å². The first-order valence-electron chi connectivity index (χ1n) is 9.47. The van der Waals surface area contributed by atoms with E-state index in [9.17, 15) is 10.1 Å². The van der Waals surface area contributed by atoms with Crippen LogP contribution in [0.2, 0.25) is 0 Å². The summed E-state index contributed by atoms with van der Waals surface area (Å²) in [5.74, 6) is 0.137. The number of benzene rings is 2. The van der Waals surface area contributed by atoms with Gasteiger partial charge in [-0.1, -0.05) is 36.4 Å². The highest BCUT2D eigenvalue weighted by atomic mass is 79.9. The lowest BCUT2D eigenvalue weighted by atomic mass is 10.1. The number of nitrogens with zero attached hydrogens (tertiary/aromatic N) is 3. The second-order valence-electron chi connectivity index (χ2n) is 6.79. The molecule has 2 heterocycles. The van der Waals surface area contributed by atoms with Crippen LogP contribution in [0.5, 0.6) is 0 Å². The number of nitrogens with two attached hydrogens (primary N) is 1. The number of fused-ring (bicyclic) bond motifs is 1. The summed E-state index contributed by atoms with van der Waals surface area (Å²) in [6.45, 7) is 0.448. The molecule has 0 saturated heterocycles. The maximum atomic E-state index is 12.5. The van der Waals surface area contributed by atoms with Crippen molar-refractivity contribution in [1.82, 2.24) is 20.1 Å². The SMILES string of the molecule is N#Cc1c(CCCNC(=O)c2[nH]c3ccccc3c2Br)nn(-c2ccccc2)c1N. The molecule has 0 fully saturated rings. The first-order valence-corrected chi connectivity index (χ1v) is 10.3. The minimum absolute atomic E-state index is 0.187. The Balaban J connectivity index is 1.41. The number of anilines is 1. The summed E-state index contributed by atoms with van der Waals surface area (Å²) in [6.07, 6.45) is 1.16. The molecule has 0 atom stereocenters. The summed E-state index contributed by atoms with van der Waals surface area (Å²) in [7, 11) is 0. The largest absolute Gasteiger partial charge is 0.382 e. The fourth-order valence-corrected chi connectivity index (χ4v) is 3.98. The Hall–Kier alpha value is -3.57. The monoisotopic (exact) mass is 462 g/mol. The fourth-order valence-electron chi connectivity index (χ4n) is 3.35. The van der Waals surface area contributed by atoms with Gasteiger partial charge in [0.2, 0.25) is 0 Å². The van der Waals surface area contributed by atoms with Crippen molar-refractivity contribution in [3.05, 3.63) is 76.0 Å². The van der Waals surface area contributed by atoms with Crippen LogP contribution in [0.15, 0.2) is 59.1 Å². The molecule has 1 amide bonds. The van der Waals surface area contributed by atoms with E-state index in [1.165, 1.54) is 0 Å². The number of carbonyl (C=O) groups excluding carboxylic acids is 1. The number of hydrogen-bond donors (Lipinski definition) is 3. The molecule has 0 aliphatic rings. The zero-order valence-corrected chi connectivity index (χ0v) is 17.6. The van der Waals surface area contributed by atoms with Gasteiger partial charge in [0.25, 0.3) is 5.91 Å². The van der Waals surface area contributed by atoms with E-state index in [1.54, 1.807) is 4.68 Å². The molecule has 30 heavy (non-hydrogen) atoms. The highest BCUT2D eigenvalue weighted by molar-refractivity contribution is 9.10. The van der Waals surface area contributed by atoms with Crippen LogP contribution in [0.4, 0.5) is 5.82 Å². The predicted molar refractivity (Wildman–Crippen MR) is 119 cm³/mol. The van der Waals surface area contributed by atoms with Crippen molar-refractivity contribution in [3.63, 3.8) is 0 Å². The van der Waals surface area contributed by atoms with Crippen molar-refractivity contribution in [1.29, 1.82) is 5.26 Å². The van der Waals surface area contributed by atoms with Crippen molar-refractivity contribution in [2.24, 2.45) is 0 Å². The van der Waals surface area contributed by atoms with E-state index < -0.39 is 0 Å². The molecule has 8 heteroatoms. The number of H-pyrrole nitrogens is 1. The van der Waals surface area contributed by atoms with Crippen LogP contribution >= 0.6 is 15.9 Å². The molecular formula is C22H19BrN6O. The van der Waals surface area contributed by atoms with Crippen LogP contribution in [-0.2, 0) is 6.42 Å². The molecule has 0 unspecified atom stereocenters. The molecule has 4 rings (SSSR count). The third-order valence-corrected chi connectivity index (χ3v) is 5.68. The van der Waals surface area contributed by atoms with Gasteiger partial charge in [-0.05, 0) is 47.0 Å². The summed E-state index contributed by atoms with van der Waals surface area (Å²) >= 11 is 3.50. The highest BCUT2D eigenvalue weighted by Crippen LogP contribution is 2.27. The third-order valence-electron chi connectivity index (χ3n) is 4.85. The third kappa shape index (κ3) is 3.67. The Kier molecular flexibility index (Phi) is 5.55. The van der Waals surface area contributed by atoms with Crippen LogP contribution in [0, 0.1) is 11.3 Å². The van der Waals surface area contributed by atoms with Crippen molar-refractivity contribution in [3.8, 4) is 11.8 Å². The van der Waals surface area contributed by atoms with Crippen LogP contribution in [0.3, 0.4) is 0 Å². The molecule has 2 aromatic heterocycles. The first kappa shape index (κ1) is 19.7. The molecule has 4 aromatic rings. The summed E-state index contributed by atoms with van der Waals surface area (Å²) in [4.78, 5) is 15.7. The molecule has 2 aromatic carbocycles. The number of amides is 1. The minimum atomic E-state index is -0.187. The number of nitriles is 1. The number of nitrogen functional groups attached to an aromatic ring is 1. The molecular weight excluding hydrogens is 444 g/mol. The number of nitrogens with one attached hydrogen (secondary N) is 2. The van der Waals surface area contributed by atoms with Gasteiger partial charge in [0.05, 0.1) is 15.9 Å². The van der Waals surface area contributed by atoms with Gasteiger partial charge in [0, 0.05) is 17.4 Å². The fraction of sp³-hybridized carbons (Fsp3) is 0.136. The number of carbonyl (C=O) groups is 1. The summed E-state index contributed by atoms with van der Waals surface area (Å²) in [6, 6.07) is 19.3. The Labute approximate surface area is 181 Å². The van der Waals surface area contributed by atoms with Crippen LogP contribution < -0.4 is 11.1 Å². The molecule has 0 spiro atoms. The topological polar surface area (TPSA) is 113 Å². The minimum Gasteiger partial charge on any atom is -0.382 e. The lowest BCUT2D eigenvalue weighted by molar-refractivity contribution is 0.0948. The zero-order chi connectivity index (χ0) is 21.1. The van der Waals surface area contributed by atoms with Gasteiger partial charge < -0.3 is 16.0 Å². The van der Waals surface area contributed by atoms with E-state index >= 15 is 0 Å². The molecule has 0 radical (unpaired) electrons. The number of aryl methyl sites for hydroxylation is 1. The molecule has 0 aliphatic heterocycles. The number of rotatable bonds is 6. The van der Waals surface area contributed by atoms with Gasteiger partial charge >= 0.3 is 0 Å². The van der Waals surface area contributed by atoms with Gasteiger partial charge in [-0.15, -0.1) is 0 Å². The Morgan fingerprint density at radius 3 is 2.67 bits per heavy atom. The highest BCUT2D eigenvalue weighted by Gasteiger charge is 2.17. The standard InChI is InChI=1S/C22H19BrN6O/c23-19-15-9-4-5-10-17(15)27-20(19)22(30)26-12-6-11-18-16(13-24)21(25)29(28-18)14-7-2-1-3-8-14/h1-5,7-10,27H,6,11-12,25H2,(H,26,30). The van der Waals surface area contributed by atoms with Crippen LogP contribution in [0.1, 0.15) is 28.2 Å². The zero-order valence-electron chi connectivity index (χ0n) is 16.0. The Bertz CT molecular complexity index is 1250. The normalized spacial score (nSPS) is 10.8. The second kappa shape index (κ2) is 8.43. The lowest BCUT2D eigenvalue weighted by Crippen LogP contribution is -2.25. The van der Waals surface area contributed by atoms with Crippen molar-refractivity contribution < 1.29 is 4.79 Å². The van der Waals surface area contributed by atoms with E-state index in [0.717, 1.165) is 21.1 Å². The molecule has 7 nitrogen and oxygen atoms in total. The Morgan fingerprint density at radius 1 is 1.20 bits per heavy atom. The Morgan fingerprint density at radius 2 is 1.93 bits per heavy atom. The number of halogens is 1. The maximum Gasteiger partial charge on any atom is 0.268 e. The van der Waals surface area contributed by atoms with Gasteiger partial charge in [-0.3, -0.25) is 4.79 Å². The average Bonchev–Trinajstić information content (AvgIpc) is 3.28. The van der Waals surface area contributed by atoms with E-state index in [1.807, 2.05) is 54.6 Å². The van der Waals surface area contributed by atoms with Crippen LogP contribution in [0.25, 0.3) is 16.6 Å². The van der Waals surface area contributed by atoms with Gasteiger partial charge in [0.1, 0.15) is 23.1 Å². The molecule has 4 N–H and O–H groups in total.